The lowest BCUT2D eigenvalue weighted by Crippen LogP contribution is -2.15. The van der Waals surface area contributed by atoms with Crippen LogP contribution in [-0.4, -0.2) is 31.1 Å². The van der Waals surface area contributed by atoms with Crippen molar-refractivity contribution in [3.05, 3.63) is 11.4 Å². The van der Waals surface area contributed by atoms with E-state index in [1.54, 1.807) is 0 Å². The van der Waals surface area contributed by atoms with Gasteiger partial charge in [-0.3, -0.25) is 0 Å². The highest BCUT2D eigenvalue weighted by Crippen LogP contribution is 2.39. The van der Waals surface area contributed by atoms with E-state index in [1.165, 1.54) is 12.8 Å². The number of nitrogens with zero attached hydrogens (tertiary/aromatic N) is 3. The van der Waals surface area contributed by atoms with Crippen molar-refractivity contribution >= 4 is 11.6 Å². The van der Waals surface area contributed by atoms with Crippen molar-refractivity contribution in [1.82, 2.24) is 9.97 Å². The van der Waals surface area contributed by atoms with Gasteiger partial charge in [-0.15, -0.1) is 0 Å². The lowest BCUT2D eigenvalue weighted by Gasteiger charge is -2.17. The van der Waals surface area contributed by atoms with Gasteiger partial charge in [-0.2, -0.15) is 0 Å². The maximum Gasteiger partial charge on any atom is 0.136 e. The number of hydrogen-bond acceptors (Lipinski definition) is 4. The van der Waals surface area contributed by atoms with Crippen molar-refractivity contribution in [2.45, 2.75) is 25.7 Å². The topological polar surface area (TPSA) is 41.1 Å². The first-order valence-electron chi connectivity index (χ1n) is 5.37. The van der Waals surface area contributed by atoms with Crippen LogP contribution < -0.4 is 10.2 Å². The molecule has 0 unspecified atom stereocenters. The maximum atomic E-state index is 4.62. The van der Waals surface area contributed by atoms with E-state index in [1.807, 2.05) is 26.0 Å². The van der Waals surface area contributed by atoms with E-state index in [9.17, 15) is 0 Å². The van der Waals surface area contributed by atoms with Crippen molar-refractivity contribution in [2.75, 3.05) is 31.4 Å². The van der Waals surface area contributed by atoms with Gasteiger partial charge < -0.3 is 10.2 Å². The first-order valence-corrected chi connectivity index (χ1v) is 5.37. The van der Waals surface area contributed by atoms with Crippen LogP contribution in [0, 0.1) is 6.92 Å². The van der Waals surface area contributed by atoms with E-state index in [4.69, 9.17) is 0 Å². The summed E-state index contributed by atoms with van der Waals surface area (Å²) in [4.78, 5) is 11.2. The Morgan fingerprint density at radius 1 is 1.27 bits per heavy atom. The van der Waals surface area contributed by atoms with E-state index in [0.29, 0.717) is 5.92 Å². The van der Waals surface area contributed by atoms with E-state index in [2.05, 4.69) is 22.2 Å². The Hall–Kier alpha value is -1.32. The number of anilines is 2. The lowest BCUT2D eigenvalue weighted by atomic mass is 10.2. The molecule has 0 bridgehead atoms. The van der Waals surface area contributed by atoms with E-state index >= 15 is 0 Å². The number of aromatic nitrogens is 2. The Bertz CT molecular complexity index is 369. The molecule has 0 radical (unpaired) electrons. The second-order valence-corrected chi connectivity index (χ2v) is 4.30. The third-order valence-electron chi connectivity index (χ3n) is 2.74. The fourth-order valence-electron chi connectivity index (χ4n) is 1.72. The molecule has 1 aliphatic rings. The summed E-state index contributed by atoms with van der Waals surface area (Å²) in [7, 11) is 5.95. The molecule has 1 aromatic rings. The average Bonchev–Trinajstić information content (AvgIpc) is 3.01. The highest BCUT2D eigenvalue weighted by atomic mass is 15.2. The van der Waals surface area contributed by atoms with Crippen LogP contribution in [0.2, 0.25) is 0 Å². The molecule has 2 rings (SSSR count). The third kappa shape index (κ3) is 1.89. The normalized spacial score (nSPS) is 15.2. The SMILES string of the molecule is CNc1nc(C2CC2)nc(N(C)C)c1C. The Balaban J connectivity index is 2.47. The minimum absolute atomic E-state index is 0.594. The van der Waals surface area contributed by atoms with Gasteiger partial charge in [-0.25, -0.2) is 9.97 Å². The maximum absolute atomic E-state index is 4.62. The molecule has 1 fully saturated rings. The zero-order valence-corrected chi connectivity index (χ0v) is 9.83. The quantitative estimate of drug-likeness (QED) is 0.818. The van der Waals surface area contributed by atoms with Crippen molar-refractivity contribution in [3.8, 4) is 0 Å². The average molecular weight is 206 g/mol. The van der Waals surface area contributed by atoms with Crippen molar-refractivity contribution in [1.29, 1.82) is 0 Å². The van der Waals surface area contributed by atoms with E-state index in [-0.39, 0.29) is 0 Å². The molecule has 0 spiro atoms. The predicted octanol–water partition coefficient (Wildman–Crippen LogP) is 1.77. The summed E-state index contributed by atoms with van der Waals surface area (Å²) in [6.07, 6.45) is 2.47. The molecule has 1 N–H and O–H groups in total. The summed E-state index contributed by atoms with van der Waals surface area (Å²) < 4.78 is 0. The number of hydrogen-bond donors (Lipinski definition) is 1. The second-order valence-electron chi connectivity index (χ2n) is 4.30. The minimum atomic E-state index is 0.594. The highest BCUT2D eigenvalue weighted by molar-refractivity contribution is 5.58. The highest BCUT2D eigenvalue weighted by Gasteiger charge is 2.28. The van der Waals surface area contributed by atoms with Crippen LogP contribution in [0.3, 0.4) is 0 Å². The molecule has 1 aromatic heterocycles. The summed E-state index contributed by atoms with van der Waals surface area (Å²) in [5.74, 6) is 3.57. The molecular formula is C11H18N4. The van der Waals surface area contributed by atoms with Crippen LogP contribution in [0.25, 0.3) is 0 Å². The molecule has 0 aromatic carbocycles. The van der Waals surface area contributed by atoms with Gasteiger partial charge in [0.15, 0.2) is 0 Å². The van der Waals surface area contributed by atoms with Crippen LogP contribution in [0.15, 0.2) is 0 Å². The minimum Gasteiger partial charge on any atom is -0.373 e. The fraction of sp³-hybridized carbons (Fsp3) is 0.636. The molecule has 0 atom stereocenters. The van der Waals surface area contributed by atoms with Gasteiger partial charge in [-0.1, -0.05) is 0 Å². The lowest BCUT2D eigenvalue weighted by molar-refractivity contribution is 0.897. The zero-order chi connectivity index (χ0) is 11.0. The predicted molar refractivity (Wildman–Crippen MR) is 62.6 cm³/mol. The van der Waals surface area contributed by atoms with Crippen LogP contribution in [0.4, 0.5) is 11.6 Å². The smallest absolute Gasteiger partial charge is 0.136 e. The Morgan fingerprint density at radius 2 is 1.93 bits per heavy atom. The summed E-state index contributed by atoms with van der Waals surface area (Å²) in [5.41, 5.74) is 1.12. The van der Waals surface area contributed by atoms with E-state index in [0.717, 1.165) is 23.0 Å². The van der Waals surface area contributed by atoms with Gasteiger partial charge in [0.1, 0.15) is 17.5 Å². The molecule has 1 heterocycles. The Morgan fingerprint density at radius 3 is 2.40 bits per heavy atom. The van der Waals surface area contributed by atoms with Crippen LogP contribution >= 0.6 is 0 Å². The van der Waals surface area contributed by atoms with Gasteiger partial charge in [-0.05, 0) is 19.8 Å². The summed E-state index contributed by atoms with van der Waals surface area (Å²) in [6, 6.07) is 0. The Labute approximate surface area is 90.7 Å². The summed E-state index contributed by atoms with van der Waals surface area (Å²) in [6.45, 7) is 2.05. The molecule has 0 aliphatic heterocycles. The molecule has 15 heavy (non-hydrogen) atoms. The summed E-state index contributed by atoms with van der Waals surface area (Å²) in [5, 5.41) is 3.14. The van der Waals surface area contributed by atoms with Gasteiger partial charge in [0, 0.05) is 32.6 Å². The Kier molecular flexibility index (Phi) is 2.50. The molecule has 82 valence electrons. The van der Waals surface area contributed by atoms with E-state index < -0.39 is 0 Å². The van der Waals surface area contributed by atoms with Gasteiger partial charge in [0.2, 0.25) is 0 Å². The molecular weight excluding hydrogens is 188 g/mol. The molecule has 0 saturated heterocycles. The standard InChI is InChI=1S/C11H18N4/c1-7-9(12-2)13-10(8-5-6-8)14-11(7)15(3)4/h8H,5-6H2,1-4H3,(H,12,13,14). The van der Waals surface area contributed by atoms with Crippen LogP contribution in [0.5, 0.6) is 0 Å². The molecule has 0 amide bonds. The van der Waals surface area contributed by atoms with Crippen molar-refractivity contribution in [2.24, 2.45) is 0 Å². The first-order chi connectivity index (χ1) is 7.13. The van der Waals surface area contributed by atoms with Crippen LogP contribution in [-0.2, 0) is 0 Å². The van der Waals surface area contributed by atoms with Gasteiger partial charge in [0.05, 0.1) is 0 Å². The largest absolute Gasteiger partial charge is 0.373 e. The molecule has 4 heteroatoms. The summed E-state index contributed by atoms with van der Waals surface area (Å²) >= 11 is 0. The zero-order valence-electron chi connectivity index (χ0n) is 9.83. The molecule has 1 aliphatic carbocycles. The second kappa shape index (κ2) is 3.68. The first kappa shape index (κ1) is 10.2. The molecule has 4 nitrogen and oxygen atoms in total. The van der Waals surface area contributed by atoms with Gasteiger partial charge in [0.25, 0.3) is 0 Å². The number of rotatable bonds is 3. The number of nitrogens with one attached hydrogen (secondary N) is 1. The van der Waals surface area contributed by atoms with Crippen molar-refractivity contribution < 1.29 is 0 Å². The molecule has 1 saturated carbocycles. The monoisotopic (exact) mass is 206 g/mol. The van der Waals surface area contributed by atoms with Crippen LogP contribution in [0.1, 0.15) is 30.1 Å². The van der Waals surface area contributed by atoms with Gasteiger partial charge >= 0.3 is 0 Å². The van der Waals surface area contributed by atoms with Crippen molar-refractivity contribution in [3.63, 3.8) is 0 Å². The third-order valence-corrected chi connectivity index (χ3v) is 2.74. The fourth-order valence-corrected chi connectivity index (χ4v) is 1.72.